The lowest BCUT2D eigenvalue weighted by atomic mass is 9.82. The van der Waals surface area contributed by atoms with Crippen molar-refractivity contribution < 1.29 is 28.5 Å². The molecule has 0 bridgehead atoms. The number of fused-ring (bicyclic) bond motifs is 1. The molecule has 0 fully saturated rings. The highest BCUT2D eigenvalue weighted by Gasteiger charge is 2.36. The molecule has 1 atom stereocenters. The van der Waals surface area contributed by atoms with Crippen molar-refractivity contribution >= 4 is 5.97 Å². The summed E-state index contributed by atoms with van der Waals surface area (Å²) >= 11 is 0. The Balaban J connectivity index is 1.91. The summed E-state index contributed by atoms with van der Waals surface area (Å²) in [5.74, 6) is 0.472. The highest BCUT2D eigenvalue weighted by molar-refractivity contribution is 5.89. The third kappa shape index (κ3) is 3.63. The van der Waals surface area contributed by atoms with Crippen LogP contribution in [0.1, 0.15) is 27.4 Å². The smallest absolute Gasteiger partial charge is 0.337 e. The number of nitrogens with two attached hydrogens (primary N) is 1. The van der Waals surface area contributed by atoms with Crippen LogP contribution in [0.3, 0.4) is 0 Å². The Morgan fingerprint density at radius 3 is 2.26 bits per heavy atom. The summed E-state index contributed by atoms with van der Waals surface area (Å²) in [7, 11) is 5.88. The van der Waals surface area contributed by atoms with Gasteiger partial charge in [0.2, 0.25) is 17.5 Å². The summed E-state index contributed by atoms with van der Waals surface area (Å²) in [4.78, 5) is 11.9. The SMILES string of the molecule is COC(=O)c1ccc(C2C(C#N)=C(N)Oc3n[nH]c(-c4cc(OC)c(OC)c(OC)c4)c32)cc1. The molecule has 4 rings (SSSR count). The number of nitriles is 1. The molecule has 10 nitrogen and oxygen atoms in total. The van der Waals surface area contributed by atoms with E-state index in [0.29, 0.717) is 45.2 Å². The summed E-state index contributed by atoms with van der Waals surface area (Å²) in [6, 6.07) is 12.4. The summed E-state index contributed by atoms with van der Waals surface area (Å²) in [6.45, 7) is 0. The number of esters is 1. The Hall–Kier alpha value is -4.65. The van der Waals surface area contributed by atoms with Crippen LogP contribution < -0.4 is 24.7 Å². The number of hydrogen-bond donors (Lipinski definition) is 2. The monoisotopic (exact) mass is 462 g/mol. The van der Waals surface area contributed by atoms with Crippen LogP contribution in [0.2, 0.25) is 0 Å². The molecule has 1 unspecified atom stereocenters. The number of rotatable bonds is 6. The molecule has 1 aliphatic heterocycles. The number of H-pyrrole nitrogens is 1. The van der Waals surface area contributed by atoms with Crippen molar-refractivity contribution in [1.82, 2.24) is 10.2 Å². The molecule has 3 N–H and O–H groups in total. The van der Waals surface area contributed by atoms with Gasteiger partial charge in [-0.25, -0.2) is 4.79 Å². The van der Waals surface area contributed by atoms with Gasteiger partial charge in [0.25, 0.3) is 0 Å². The number of benzene rings is 2. The van der Waals surface area contributed by atoms with Gasteiger partial charge >= 0.3 is 5.97 Å². The van der Waals surface area contributed by atoms with Crippen LogP contribution in [-0.4, -0.2) is 44.6 Å². The molecule has 174 valence electrons. The minimum absolute atomic E-state index is 0.0417. The maximum Gasteiger partial charge on any atom is 0.337 e. The molecule has 34 heavy (non-hydrogen) atoms. The first-order chi connectivity index (χ1) is 16.5. The minimum Gasteiger partial charge on any atom is -0.493 e. The van der Waals surface area contributed by atoms with Crippen molar-refractivity contribution in [2.24, 2.45) is 5.73 Å². The van der Waals surface area contributed by atoms with E-state index in [0.717, 1.165) is 0 Å². The molecule has 1 aromatic heterocycles. The topological polar surface area (TPSA) is 142 Å². The lowest BCUT2D eigenvalue weighted by molar-refractivity contribution is 0.0600. The van der Waals surface area contributed by atoms with Crippen molar-refractivity contribution in [3.8, 4) is 40.5 Å². The van der Waals surface area contributed by atoms with Crippen LogP contribution in [-0.2, 0) is 4.74 Å². The van der Waals surface area contributed by atoms with Crippen LogP contribution in [0.25, 0.3) is 11.3 Å². The normalized spacial score (nSPS) is 14.5. The summed E-state index contributed by atoms with van der Waals surface area (Å²) in [5.41, 5.74) is 9.22. The van der Waals surface area contributed by atoms with Crippen LogP contribution in [0, 0.1) is 11.3 Å². The minimum atomic E-state index is -0.603. The molecule has 2 aromatic carbocycles. The largest absolute Gasteiger partial charge is 0.493 e. The maximum absolute atomic E-state index is 11.9. The first kappa shape index (κ1) is 22.5. The number of carbonyl (C=O) groups is 1. The second-order valence-corrected chi connectivity index (χ2v) is 7.27. The zero-order valence-electron chi connectivity index (χ0n) is 19.0. The molecule has 1 aliphatic rings. The fourth-order valence-corrected chi connectivity index (χ4v) is 3.95. The summed E-state index contributed by atoms with van der Waals surface area (Å²) < 4.78 is 26.8. The van der Waals surface area contributed by atoms with E-state index >= 15 is 0 Å². The highest BCUT2D eigenvalue weighted by atomic mass is 16.5. The van der Waals surface area contributed by atoms with E-state index in [1.807, 2.05) is 0 Å². The van der Waals surface area contributed by atoms with Gasteiger partial charge in [-0.2, -0.15) is 5.26 Å². The third-order valence-electron chi connectivity index (χ3n) is 5.56. The number of hydrogen-bond acceptors (Lipinski definition) is 9. The average molecular weight is 462 g/mol. The molecule has 0 saturated heterocycles. The van der Waals surface area contributed by atoms with E-state index < -0.39 is 11.9 Å². The van der Waals surface area contributed by atoms with E-state index in [2.05, 4.69) is 16.3 Å². The Bertz CT molecular complexity index is 1300. The van der Waals surface area contributed by atoms with Crippen molar-refractivity contribution in [3.63, 3.8) is 0 Å². The fraction of sp³-hybridized carbons (Fsp3) is 0.208. The first-order valence-electron chi connectivity index (χ1n) is 10.1. The maximum atomic E-state index is 11.9. The third-order valence-corrected chi connectivity index (χ3v) is 5.56. The lowest BCUT2D eigenvalue weighted by Gasteiger charge is -2.24. The van der Waals surface area contributed by atoms with Gasteiger partial charge in [0.1, 0.15) is 11.6 Å². The molecule has 0 aliphatic carbocycles. The number of carbonyl (C=O) groups excluding carboxylic acids is 1. The molecule has 2 heterocycles. The Labute approximate surface area is 195 Å². The molecular formula is C24H22N4O6. The predicted octanol–water partition coefficient (Wildman–Crippen LogP) is 3.11. The average Bonchev–Trinajstić information content (AvgIpc) is 3.29. The molecule has 0 saturated carbocycles. The van der Waals surface area contributed by atoms with Crippen molar-refractivity contribution in [2.75, 3.05) is 28.4 Å². The molecule has 10 heteroatoms. The van der Waals surface area contributed by atoms with Crippen LogP contribution >= 0.6 is 0 Å². The van der Waals surface area contributed by atoms with Gasteiger partial charge in [0, 0.05) is 5.56 Å². The van der Waals surface area contributed by atoms with Gasteiger partial charge in [-0.3, -0.25) is 5.10 Å². The molecular weight excluding hydrogens is 440 g/mol. The van der Waals surface area contributed by atoms with Gasteiger partial charge < -0.3 is 29.4 Å². The van der Waals surface area contributed by atoms with Crippen LogP contribution in [0.15, 0.2) is 47.9 Å². The quantitative estimate of drug-likeness (QED) is 0.528. The molecule has 0 radical (unpaired) electrons. The van der Waals surface area contributed by atoms with E-state index in [1.54, 1.807) is 36.4 Å². The number of aromatic amines is 1. The summed E-state index contributed by atoms with van der Waals surface area (Å²) in [5, 5.41) is 17.2. The molecule has 0 spiro atoms. The van der Waals surface area contributed by atoms with E-state index in [-0.39, 0.29) is 17.3 Å². The van der Waals surface area contributed by atoms with Gasteiger partial charge in [-0.05, 0) is 29.8 Å². The number of nitrogens with one attached hydrogen (secondary N) is 1. The van der Waals surface area contributed by atoms with Gasteiger partial charge in [-0.1, -0.05) is 12.1 Å². The highest BCUT2D eigenvalue weighted by Crippen LogP contribution is 2.48. The predicted molar refractivity (Wildman–Crippen MR) is 121 cm³/mol. The van der Waals surface area contributed by atoms with Crippen molar-refractivity contribution in [1.29, 1.82) is 5.26 Å². The van der Waals surface area contributed by atoms with Gasteiger partial charge in [0.15, 0.2) is 11.5 Å². The Kier molecular flexibility index (Phi) is 6.01. The summed E-state index contributed by atoms with van der Waals surface area (Å²) in [6.07, 6.45) is 0. The Morgan fingerprint density at radius 2 is 1.74 bits per heavy atom. The standard InChI is InChI=1S/C24H22N4O6/c1-30-16-9-14(10-17(31-2)21(16)32-3)20-19-18(12-5-7-13(8-6-12)24(29)33-4)15(11-25)22(26)34-23(19)28-27-20/h5-10,18H,26H2,1-4H3,(H,27,28). The van der Waals surface area contributed by atoms with Crippen LogP contribution in [0.5, 0.6) is 23.1 Å². The van der Waals surface area contributed by atoms with Crippen molar-refractivity contribution in [3.05, 3.63) is 64.5 Å². The van der Waals surface area contributed by atoms with E-state index in [1.165, 1.54) is 28.4 Å². The van der Waals surface area contributed by atoms with Gasteiger partial charge in [0.05, 0.1) is 51.2 Å². The van der Waals surface area contributed by atoms with Crippen molar-refractivity contribution in [2.45, 2.75) is 5.92 Å². The number of allylic oxidation sites excluding steroid dienone is 1. The zero-order valence-corrected chi connectivity index (χ0v) is 19.0. The van der Waals surface area contributed by atoms with E-state index in [9.17, 15) is 10.1 Å². The zero-order chi connectivity index (χ0) is 24.4. The Morgan fingerprint density at radius 1 is 1.09 bits per heavy atom. The first-order valence-corrected chi connectivity index (χ1v) is 10.1. The molecule has 0 amide bonds. The number of methoxy groups -OCH3 is 4. The van der Waals surface area contributed by atoms with E-state index in [4.69, 9.17) is 29.4 Å². The van der Waals surface area contributed by atoms with Gasteiger partial charge in [-0.15, -0.1) is 5.10 Å². The molecule has 3 aromatic rings. The second kappa shape index (κ2) is 9.07. The number of nitrogens with zero attached hydrogens (tertiary/aromatic N) is 2. The number of aromatic nitrogens is 2. The second-order valence-electron chi connectivity index (χ2n) is 7.27. The van der Waals surface area contributed by atoms with Crippen LogP contribution in [0.4, 0.5) is 0 Å². The number of ether oxygens (including phenoxy) is 5. The lowest BCUT2D eigenvalue weighted by Crippen LogP contribution is -2.21. The fourth-order valence-electron chi connectivity index (χ4n) is 3.95.